The number of hydrogen-bond donors (Lipinski definition) is 0. The molecule has 0 saturated carbocycles. The average molecular weight is 384 g/mol. The summed E-state index contributed by atoms with van der Waals surface area (Å²) in [7, 11) is 3.22. The maximum Gasteiger partial charge on any atom is 0.282 e. The molecule has 1 aliphatic rings. The molecule has 0 bridgehead atoms. The first kappa shape index (κ1) is 18.5. The predicted octanol–water partition coefficient (Wildman–Crippen LogP) is 4.54. The lowest BCUT2D eigenvalue weighted by molar-refractivity contribution is -0.113. The molecule has 3 aromatic rings. The van der Waals surface area contributed by atoms with Crippen molar-refractivity contribution in [2.24, 2.45) is 4.99 Å². The third kappa shape index (κ3) is 3.75. The number of amidine groups is 1. The van der Waals surface area contributed by atoms with Gasteiger partial charge in [0, 0.05) is 11.6 Å². The summed E-state index contributed by atoms with van der Waals surface area (Å²) < 4.78 is 10.5. The van der Waals surface area contributed by atoms with Crippen molar-refractivity contribution in [1.29, 1.82) is 0 Å². The van der Waals surface area contributed by atoms with Gasteiger partial charge in [0.15, 0.2) is 0 Å². The van der Waals surface area contributed by atoms with Crippen LogP contribution in [0.5, 0.6) is 11.5 Å². The summed E-state index contributed by atoms with van der Waals surface area (Å²) >= 11 is 0. The predicted molar refractivity (Wildman–Crippen MR) is 114 cm³/mol. The van der Waals surface area contributed by atoms with Crippen LogP contribution in [0.25, 0.3) is 6.08 Å². The Balaban J connectivity index is 1.79. The van der Waals surface area contributed by atoms with Gasteiger partial charge in [0.2, 0.25) is 0 Å². The monoisotopic (exact) mass is 384 g/mol. The summed E-state index contributed by atoms with van der Waals surface area (Å²) in [5, 5.41) is 0. The van der Waals surface area contributed by atoms with E-state index in [9.17, 15) is 4.79 Å². The summed E-state index contributed by atoms with van der Waals surface area (Å²) in [5.74, 6) is 1.84. The second-order valence-electron chi connectivity index (χ2n) is 6.45. The number of anilines is 1. The molecule has 144 valence electrons. The Bertz CT molecular complexity index is 1090. The molecule has 1 heterocycles. The molecule has 0 spiro atoms. The van der Waals surface area contributed by atoms with E-state index in [4.69, 9.17) is 9.47 Å². The highest BCUT2D eigenvalue weighted by Gasteiger charge is 2.32. The number of methoxy groups -OCH3 is 2. The Morgan fingerprint density at radius 2 is 1.55 bits per heavy atom. The molecule has 4 rings (SSSR count). The molecular weight excluding hydrogens is 364 g/mol. The number of rotatable bonds is 5. The molecule has 3 aromatic carbocycles. The van der Waals surface area contributed by atoms with Gasteiger partial charge in [-0.1, -0.05) is 48.5 Å². The molecule has 1 amide bonds. The fraction of sp³-hybridized carbons (Fsp3) is 0.0833. The molecule has 0 radical (unpaired) electrons. The largest absolute Gasteiger partial charge is 0.497 e. The molecule has 5 heteroatoms. The summed E-state index contributed by atoms with van der Waals surface area (Å²) in [5.41, 5.74) is 2.81. The maximum atomic E-state index is 13.3. The van der Waals surface area contributed by atoms with Crippen molar-refractivity contribution in [2.45, 2.75) is 0 Å². The fourth-order valence-electron chi connectivity index (χ4n) is 3.14. The van der Waals surface area contributed by atoms with Crippen molar-refractivity contribution >= 4 is 23.5 Å². The van der Waals surface area contributed by atoms with Gasteiger partial charge in [-0.05, 0) is 35.9 Å². The first-order chi connectivity index (χ1) is 14.2. The van der Waals surface area contributed by atoms with Gasteiger partial charge in [-0.25, -0.2) is 4.99 Å². The quantitative estimate of drug-likeness (QED) is 0.607. The molecule has 0 aliphatic carbocycles. The van der Waals surface area contributed by atoms with E-state index in [0.29, 0.717) is 23.0 Å². The van der Waals surface area contributed by atoms with Crippen LogP contribution in [0.15, 0.2) is 89.6 Å². The van der Waals surface area contributed by atoms with Crippen LogP contribution < -0.4 is 14.4 Å². The Hall–Kier alpha value is -3.86. The van der Waals surface area contributed by atoms with E-state index in [0.717, 1.165) is 16.9 Å². The van der Waals surface area contributed by atoms with Gasteiger partial charge in [-0.3, -0.25) is 9.69 Å². The normalized spacial score (nSPS) is 14.8. The van der Waals surface area contributed by atoms with E-state index in [1.54, 1.807) is 25.2 Å². The Kier molecular flexibility index (Phi) is 5.12. The Morgan fingerprint density at radius 3 is 2.24 bits per heavy atom. The number of carbonyl (C=O) groups is 1. The number of amides is 1. The zero-order valence-corrected chi connectivity index (χ0v) is 16.2. The lowest BCUT2D eigenvalue weighted by Gasteiger charge is -2.19. The molecular formula is C24H20N2O3. The van der Waals surface area contributed by atoms with Gasteiger partial charge in [-0.15, -0.1) is 0 Å². The van der Waals surface area contributed by atoms with Crippen molar-refractivity contribution < 1.29 is 14.3 Å². The van der Waals surface area contributed by atoms with Crippen LogP contribution in [0.4, 0.5) is 5.69 Å². The van der Waals surface area contributed by atoms with E-state index >= 15 is 0 Å². The summed E-state index contributed by atoms with van der Waals surface area (Å²) in [6, 6.07) is 24.6. The minimum Gasteiger partial charge on any atom is -0.497 e. The van der Waals surface area contributed by atoms with Crippen LogP contribution in [-0.4, -0.2) is 26.0 Å². The number of aliphatic imine (C=N–C) groups is 1. The van der Waals surface area contributed by atoms with E-state index in [1.807, 2.05) is 78.9 Å². The standard InChI is InChI=1S/C24H20N2O3/c1-28-20-13-11-17(12-14-20)15-22-24(27)26(19-9-6-10-21(16-19)29-2)23(25-22)18-7-4-3-5-8-18/h3-16H,1-2H3. The lowest BCUT2D eigenvalue weighted by Crippen LogP contribution is -2.32. The van der Waals surface area contributed by atoms with Crippen molar-refractivity contribution in [2.75, 3.05) is 19.1 Å². The highest BCUT2D eigenvalue weighted by atomic mass is 16.5. The molecule has 0 atom stereocenters. The third-order valence-electron chi connectivity index (χ3n) is 4.62. The Morgan fingerprint density at radius 1 is 0.828 bits per heavy atom. The van der Waals surface area contributed by atoms with E-state index in [1.165, 1.54) is 0 Å². The van der Waals surface area contributed by atoms with Gasteiger partial charge < -0.3 is 9.47 Å². The topological polar surface area (TPSA) is 51.1 Å². The molecule has 0 unspecified atom stereocenters. The van der Waals surface area contributed by atoms with Crippen LogP contribution in [0.3, 0.4) is 0 Å². The highest BCUT2D eigenvalue weighted by Crippen LogP contribution is 2.30. The maximum absolute atomic E-state index is 13.3. The zero-order valence-electron chi connectivity index (χ0n) is 16.2. The molecule has 5 nitrogen and oxygen atoms in total. The van der Waals surface area contributed by atoms with Crippen LogP contribution in [-0.2, 0) is 4.79 Å². The molecule has 1 aliphatic heterocycles. The number of ether oxygens (including phenoxy) is 2. The van der Waals surface area contributed by atoms with Gasteiger partial charge in [0.05, 0.1) is 19.9 Å². The SMILES string of the molecule is COc1ccc(C=C2N=C(c3ccccc3)N(c3cccc(OC)c3)C2=O)cc1. The van der Waals surface area contributed by atoms with E-state index in [-0.39, 0.29) is 5.91 Å². The summed E-state index contributed by atoms with van der Waals surface area (Å²) in [6.07, 6.45) is 1.78. The first-order valence-electron chi connectivity index (χ1n) is 9.18. The number of nitrogens with zero attached hydrogens (tertiary/aromatic N) is 2. The van der Waals surface area contributed by atoms with Gasteiger partial charge in [-0.2, -0.15) is 0 Å². The first-order valence-corrected chi connectivity index (χ1v) is 9.18. The minimum absolute atomic E-state index is 0.187. The Labute approximate surface area is 169 Å². The van der Waals surface area contributed by atoms with Crippen LogP contribution in [0, 0.1) is 0 Å². The second kappa shape index (κ2) is 8.02. The third-order valence-corrected chi connectivity index (χ3v) is 4.62. The molecule has 0 aromatic heterocycles. The number of benzene rings is 3. The lowest BCUT2D eigenvalue weighted by atomic mass is 10.1. The van der Waals surface area contributed by atoms with Gasteiger partial charge in [0.25, 0.3) is 5.91 Å². The zero-order chi connectivity index (χ0) is 20.2. The van der Waals surface area contributed by atoms with E-state index < -0.39 is 0 Å². The van der Waals surface area contributed by atoms with Gasteiger partial charge >= 0.3 is 0 Å². The summed E-state index contributed by atoms with van der Waals surface area (Å²) in [4.78, 5) is 19.6. The van der Waals surface area contributed by atoms with Crippen LogP contribution in [0.2, 0.25) is 0 Å². The van der Waals surface area contributed by atoms with Crippen LogP contribution >= 0.6 is 0 Å². The van der Waals surface area contributed by atoms with Crippen molar-refractivity contribution in [3.05, 3.63) is 95.7 Å². The van der Waals surface area contributed by atoms with Crippen molar-refractivity contribution in [3.8, 4) is 11.5 Å². The van der Waals surface area contributed by atoms with Crippen LogP contribution in [0.1, 0.15) is 11.1 Å². The van der Waals surface area contributed by atoms with Crippen molar-refractivity contribution in [1.82, 2.24) is 0 Å². The van der Waals surface area contributed by atoms with Gasteiger partial charge in [0.1, 0.15) is 23.0 Å². The number of hydrogen-bond acceptors (Lipinski definition) is 4. The highest BCUT2D eigenvalue weighted by molar-refractivity contribution is 6.33. The fourth-order valence-corrected chi connectivity index (χ4v) is 3.14. The summed E-state index contributed by atoms with van der Waals surface area (Å²) in [6.45, 7) is 0. The van der Waals surface area contributed by atoms with E-state index in [2.05, 4.69) is 4.99 Å². The second-order valence-corrected chi connectivity index (χ2v) is 6.45. The minimum atomic E-state index is -0.187. The molecule has 0 saturated heterocycles. The smallest absolute Gasteiger partial charge is 0.282 e. The van der Waals surface area contributed by atoms with Crippen molar-refractivity contribution in [3.63, 3.8) is 0 Å². The average Bonchev–Trinajstić information content (AvgIpc) is 3.11. The number of carbonyl (C=O) groups excluding carboxylic acids is 1. The molecule has 0 fully saturated rings. The molecule has 29 heavy (non-hydrogen) atoms. The molecule has 0 N–H and O–H groups in total.